The maximum atomic E-state index is 8.88. The summed E-state index contributed by atoms with van der Waals surface area (Å²) in [4.78, 5) is 11.3. The Labute approximate surface area is 81.0 Å². The third-order valence-electron chi connectivity index (χ3n) is 2.17. The number of aryl methyl sites for hydroxylation is 1. The van der Waals surface area contributed by atoms with E-state index in [2.05, 4.69) is 15.0 Å². The van der Waals surface area contributed by atoms with Gasteiger partial charge in [0.05, 0.1) is 18.2 Å². The lowest BCUT2D eigenvalue weighted by molar-refractivity contribution is 0.264. The van der Waals surface area contributed by atoms with Crippen molar-refractivity contribution in [2.75, 3.05) is 6.61 Å². The molecule has 5 nitrogen and oxygen atoms in total. The molecule has 0 aliphatic carbocycles. The number of imidazole rings is 1. The van der Waals surface area contributed by atoms with E-state index in [0.717, 1.165) is 11.1 Å². The summed E-state index contributed by atoms with van der Waals surface area (Å²) in [6.07, 6.45) is 1.70. The molecule has 0 spiro atoms. The number of H-pyrrole nitrogens is 1. The van der Waals surface area contributed by atoms with Gasteiger partial charge in [0.2, 0.25) is 0 Å². The molecule has 2 rings (SSSR count). The first-order valence-electron chi connectivity index (χ1n) is 4.40. The summed E-state index contributed by atoms with van der Waals surface area (Å²) in [5.74, 6) is 0.573. The number of hydrogen-bond acceptors (Lipinski definition) is 4. The van der Waals surface area contributed by atoms with Crippen LogP contribution >= 0.6 is 0 Å². The number of aromatic nitrogens is 3. The van der Waals surface area contributed by atoms with Crippen LogP contribution in [0.15, 0.2) is 12.3 Å². The maximum Gasteiger partial charge on any atom is 0.178 e. The van der Waals surface area contributed by atoms with Crippen LogP contribution in [0.4, 0.5) is 0 Å². The third-order valence-corrected chi connectivity index (χ3v) is 2.17. The quantitative estimate of drug-likeness (QED) is 0.636. The van der Waals surface area contributed by atoms with Crippen molar-refractivity contribution in [1.29, 1.82) is 0 Å². The second-order valence-electron chi connectivity index (χ2n) is 3.24. The predicted octanol–water partition coefficient (Wildman–Crippen LogP) is 0.258. The lowest BCUT2D eigenvalue weighted by Crippen LogP contribution is -2.15. The molecule has 0 aliphatic heterocycles. The molecule has 14 heavy (non-hydrogen) atoms. The molecule has 4 N–H and O–H groups in total. The number of aliphatic hydroxyl groups is 1. The molecule has 2 aromatic rings. The van der Waals surface area contributed by atoms with Gasteiger partial charge in [0.1, 0.15) is 5.82 Å². The van der Waals surface area contributed by atoms with E-state index in [-0.39, 0.29) is 6.61 Å². The van der Waals surface area contributed by atoms with Gasteiger partial charge in [-0.25, -0.2) is 9.97 Å². The first-order valence-corrected chi connectivity index (χ1v) is 4.40. The number of fused-ring (bicyclic) bond motifs is 1. The molecule has 2 heterocycles. The van der Waals surface area contributed by atoms with Crippen molar-refractivity contribution >= 4 is 11.2 Å². The fraction of sp³-hybridized carbons (Fsp3) is 0.333. The molecular formula is C9H12N4O. The molecule has 0 aromatic carbocycles. The van der Waals surface area contributed by atoms with Crippen molar-refractivity contribution in [3.63, 3.8) is 0 Å². The molecular weight excluding hydrogens is 180 g/mol. The molecule has 74 valence electrons. The van der Waals surface area contributed by atoms with Crippen molar-refractivity contribution in [3.8, 4) is 0 Å². The number of aromatic amines is 1. The number of nitrogens with zero attached hydrogens (tertiary/aromatic N) is 2. The largest absolute Gasteiger partial charge is 0.394 e. The average Bonchev–Trinajstić information content (AvgIpc) is 2.62. The highest BCUT2D eigenvalue weighted by Gasteiger charge is 2.11. The second kappa shape index (κ2) is 3.36. The Bertz CT molecular complexity index is 451. The molecule has 0 aliphatic rings. The Hall–Kier alpha value is -1.46. The highest BCUT2D eigenvalue weighted by Crippen LogP contribution is 2.15. The Balaban J connectivity index is 2.56. The SMILES string of the molecule is Cc1ccnc2nc(C(N)CO)[nH]c12. The Kier molecular flexibility index (Phi) is 2.18. The molecule has 0 fully saturated rings. The summed E-state index contributed by atoms with van der Waals surface area (Å²) in [6, 6.07) is 1.43. The van der Waals surface area contributed by atoms with Gasteiger partial charge in [0.15, 0.2) is 5.65 Å². The fourth-order valence-corrected chi connectivity index (χ4v) is 1.32. The molecule has 0 bridgehead atoms. The van der Waals surface area contributed by atoms with Crippen LogP contribution in [0.5, 0.6) is 0 Å². The Morgan fingerprint density at radius 3 is 3.07 bits per heavy atom. The van der Waals surface area contributed by atoms with E-state index in [9.17, 15) is 0 Å². The van der Waals surface area contributed by atoms with Gasteiger partial charge >= 0.3 is 0 Å². The van der Waals surface area contributed by atoms with Crippen LogP contribution in [0, 0.1) is 6.92 Å². The summed E-state index contributed by atoms with van der Waals surface area (Å²) in [6.45, 7) is 1.84. The van der Waals surface area contributed by atoms with Crippen molar-refractivity contribution in [3.05, 3.63) is 23.7 Å². The number of rotatable bonds is 2. The van der Waals surface area contributed by atoms with E-state index in [4.69, 9.17) is 10.8 Å². The molecule has 1 atom stereocenters. The fourth-order valence-electron chi connectivity index (χ4n) is 1.32. The van der Waals surface area contributed by atoms with Crippen LogP contribution in [0.2, 0.25) is 0 Å². The molecule has 0 saturated carbocycles. The van der Waals surface area contributed by atoms with Gasteiger partial charge < -0.3 is 15.8 Å². The first-order chi connectivity index (χ1) is 6.72. The minimum absolute atomic E-state index is 0.126. The molecule has 0 radical (unpaired) electrons. The first kappa shape index (κ1) is 9.11. The minimum atomic E-state index is -0.469. The van der Waals surface area contributed by atoms with Gasteiger partial charge in [-0.05, 0) is 18.6 Å². The number of nitrogens with one attached hydrogen (secondary N) is 1. The zero-order valence-electron chi connectivity index (χ0n) is 7.86. The lowest BCUT2D eigenvalue weighted by Gasteiger charge is -2.01. The average molecular weight is 192 g/mol. The van der Waals surface area contributed by atoms with Gasteiger partial charge in [-0.3, -0.25) is 0 Å². The van der Waals surface area contributed by atoms with Crippen LogP contribution in [-0.4, -0.2) is 26.7 Å². The van der Waals surface area contributed by atoms with Crippen molar-refractivity contribution in [2.24, 2.45) is 5.73 Å². The van der Waals surface area contributed by atoms with Gasteiger partial charge in [0.25, 0.3) is 0 Å². The van der Waals surface area contributed by atoms with Crippen molar-refractivity contribution in [2.45, 2.75) is 13.0 Å². The lowest BCUT2D eigenvalue weighted by atomic mass is 10.3. The summed E-state index contributed by atoms with van der Waals surface area (Å²) in [5.41, 5.74) is 8.23. The monoisotopic (exact) mass is 192 g/mol. The number of hydrogen-bond donors (Lipinski definition) is 3. The van der Waals surface area contributed by atoms with Gasteiger partial charge in [-0.15, -0.1) is 0 Å². The van der Waals surface area contributed by atoms with Gasteiger partial charge in [-0.2, -0.15) is 0 Å². The van der Waals surface area contributed by atoms with Crippen molar-refractivity contribution < 1.29 is 5.11 Å². The summed E-state index contributed by atoms with van der Waals surface area (Å²) in [7, 11) is 0. The van der Waals surface area contributed by atoms with E-state index in [1.165, 1.54) is 0 Å². The van der Waals surface area contributed by atoms with Crippen LogP contribution in [0.3, 0.4) is 0 Å². The Morgan fingerprint density at radius 1 is 1.64 bits per heavy atom. The van der Waals surface area contributed by atoms with Crippen LogP contribution in [-0.2, 0) is 0 Å². The van der Waals surface area contributed by atoms with Gasteiger partial charge in [0, 0.05) is 6.20 Å². The zero-order chi connectivity index (χ0) is 10.1. The number of nitrogens with two attached hydrogens (primary N) is 1. The third kappa shape index (κ3) is 1.36. The summed E-state index contributed by atoms with van der Waals surface area (Å²) >= 11 is 0. The van der Waals surface area contributed by atoms with E-state index >= 15 is 0 Å². The van der Waals surface area contributed by atoms with Crippen LogP contribution in [0.25, 0.3) is 11.2 Å². The summed E-state index contributed by atoms with van der Waals surface area (Å²) in [5, 5.41) is 8.88. The predicted molar refractivity (Wildman–Crippen MR) is 52.6 cm³/mol. The number of aliphatic hydroxyl groups excluding tert-OH is 1. The summed E-state index contributed by atoms with van der Waals surface area (Å²) < 4.78 is 0. The highest BCUT2D eigenvalue weighted by molar-refractivity contribution is 5.74. The van der Waals surface area contributed by atoms with Crippen molar-refractivity contribution in [1.82, 2.24) is 15.0 Å². The standard InChI is InChI=1S/C9H12N4O/c1-5-2-3-11-9-7(5)12-8(13-9)6(10)4-14/h2-3,6,14H,4,10H2,1H3,(H,11,12,13). The molecule has 5 heteroatoms. The maximum absolute atomic E-state index is 8.88. The Morgan fingerprint density at radius 2 is 2.43 bits per heavy atom. The van der Waals surface area contributed by atoms with Crippen LogP contribution in [0.1, 0.15) is 17.4 Å². The number of pyridine rings is 1. The second-order valence-corrected chi connectivity index (χ2v) is 3.24. The van der Waals surface area contributed by atoms with Gasteiger partial charge in [-0.1, -0.05) is 0 Å². The topological polar surface area (TPSA) is 87.8 Å². The normalized spacial score (nSPS) is 13.4. The van der Waals surface area contributed by atoms with E-state index in [1.807, 2.05) is 13.0 Å². The smallest absolute Gasteiger partial charge is 0.178 e. The zero-order valence-corrected chi connectivity index (χ0v) is 7.86. The molecule has 0 amide bonds. The minimum Gasteiger partial charge on any atom is -0.394 e. The highest BCUT2D eigenvalue weighted by atomic mass is 16.3. The van der Waals surface area contributed by atoms with E-state index in [1.54, 1.807) is 6.20 Å². The molecule has 2 aromatic heterocycles. The van der Waals surface area contributed by atoms with E-state index in [0.29, 0.717) is 11.5 Å². The van der Waals surface area contributed by atoms with E-state index < -0.39 is 6.04 Å². The molecule has 0 saturated heterocycles. The molecule has 1 unspecified atom stereocenters. The van der Waals surface area contributed by atoms with Crippen LogP contribution < -0.4 is 5.73 Å².